The summed E-state index contributed by atoms with van der Waals surface area (Å²) in [6.45, 7) is 0.597. The Bertz CT molecular complexity index is 1120. The summed E-state index contributed by atoms with van der Waals surface area (Å²) in [6.07, 6.45) is 4.85. The molecule has 2 aromatic carbocycles. The summed E-state index contributed by atoms with van der Waals surface area (Å²) in [5.74, 6) is -0.335. The highest BCUT2D eigenvalue weighted by atomic mass is 19.1. The quantitative estimate of drug-likeness (QED) is 0.695. The molecule has 154 valence electrons. The van der Waals surface area contributed by atoms with E-state index in [2.05, 4.69) is 10.3 Å². The first kappa shape index (κ1) is 18.9. The molecule has 1 aromatic heterocycles. The molecule has 1 spiro atoms. The maximum atomic E-state index is 14.1. The first-order valence-electron chi connectivity index (χ1n) is 10.5. The van der Waals surface area contributed by atoms with Gasteiger partial charge in [0.05, 0.1) is 18.0 Å². The van der Waals surface area contributed by atoms with Gasteiger partial charge in [-0.05, 0) is 48.6 Å². The Labute approximate surface area is 174 Å². The Hall–Kier alpha value is -3.15. The highest BCUT2D eigenvalue weighted by molar-refractivity contribution is 5.89. The lowest BCUT2D eigenvalue weighted by atomic mass is 9.76. The normalized spacial score (nSPS) is 23.8. The predicted octanol–water partition coefficient (Wildman–Crippen LogP) is 3.86. The summed E-state index contributed by atoms with van der Waals surface area (Å²) in [7, 11) is 0. The molecule has 5 nitrogen and oxygen atoms in total. The SMILES string of the molecule is O=C1CC[C@]2(CCCN(C(=O)Cc3c[nH]c4ccccc34)[C@@H]2c2cccc(F)c2)N1. The Kier molecular flexibility index (Phi) is 4.57. The van der Waals surface area contributed by atoms with Crippen molar-refractivity contribution in [1.29, 1.82) is 0 Å². The first-order valence-corrected chi connectivity index (χ1v) is 10.5. The summed E-state index contributed by atoms with van der Waals surface area (Å²) in [5.41, 5.74) is 2.16. The largest absolute Gasteiger partial charge is 0.361 e. The second-order valence-corrected chi connectivity index (χ2v) is 8.39. The van der Waals surface area contributed by atoms with E-state index in [9.17, 15) is 14.0 Å². The van der Waals surface area contributed by atoms with Crippen molar-refractivity contribution in [3.05, 3.63) is 71.7 Å². The molecule has 0 saturated carbocycles. The number of amides is 2. The van der Waals surface area contributed by atoms with Gasteiger partial charge in [-0.2, -0.15) is 0 Å². The molecule has 3 heterocycles. The maximum absolute atomic E-state index is 14.1. The number of halogens is 1. The zero-order valence-corrected chi connectivity index (χ0v) is 16.7. The smallest absolute Gasteiger partial charge is 0.227 e. The van der Waals surface area contributed by atoms with Gasteiger partial charge in [0.1, 0.15) is 5.82 Å². The minimum absolute atomic E-state index is 0.00216. The van der Waals surface area contributed by atoms with Crippen LogP contribution >= 0.6 is 0 Å². The number of para-hydroxylation sites is 1. The molecule has 5 rings (SSSR count). The molecule has 0 bridgehead atoms. The Morgan fingerprint density at radius 3 is 2.83 bits per heavy atom. The van der Waals surface area contributed by atoms with E-state index in [4.69, 9.17) is 0 Å². The molecule has 0 radical (unpaired) electrons. The average Bonchev–Trinajstić information content (AvgIpc) is 3.31. The van der Waals surface area contributed by atoms with Crippen molar-refractivity contribution in [2.45, 2.75) is 43.7 Å². The fourth-order valence-electron chi connectivity index (χ4n) is 5.25. The van der Waals surface area contributed by atoms with Gasteiger partial charge in [0.25, 0.3) is 0 Å². The number of nitrogens with zero attached hydrogens (tertiary/aromatic N) is 1. The van der Waals surface area contributed by atoms with Crippen LogP contribution in [0.3, 0.4) is 0 Å². The number of H-pyrrole nitrogens is 1. The summed E-state index contributed by atoms with van der Waals surface area (Å²) < 4.78 is 14.1. The van der Waals surface area contributed by atoms with Gasteiger partial charge in [0.2, 0.25) is 11.8 Å². The minimum Gasteiger partial charge on any atom is -0.361 e. The summed E-state index contributed by atoms with van der Waals surface area (Å²) in [6, 6.07) is 14.0. The Balaban J connectivity index is 1.51. The molecule has 2 aliphatic heterocycles. The summed E-state index contributed by atoms with van der Waals surface area (Å²) in [4.78, 5) is 30.7. The van der Waals surface area contributed by atoms with Crippen LogP contribution in [0.2, 0.25) is 0 Å². The lowest BCUT2D eigenvalue weighted by Gasteiger charge is -2.48. The molecule has 2 aliphatic rings. The van der Waals surface area contributed by atoms with Crippen molar-refractivity contribution >= 4 is 22.7 Å². The highest BCUT2D eigenvalue weighted by Crippen LogP contribution is 2.45. The second-order valence-electron chi connectivity index (χ2n) is 8.39. The monoisotopic (exact) mass is 405 g/mol. The van der Waals surface area contributed by atoms with Gasteiger partial charge in [-0.3, -0.25) is 9.59 Å². The van der Waals surface area contributed by atoms with Crippen LogP contribution in [0, 0.1) is 5.82 Å². The zero-order chi connectivity index (χ0) is 20.7. The van der Waals surface area contributed by atoms with Crippen LogP contribution in [0.5, 0.6) is 0 Å². The lowest BCUT2D eigenvalue weighted by molar-refractivity contribution is -0.138. The van der Waals surface area contributed by atoms with Gasteiger partial charge in [-0.15, -0.1) is 0 Å². The number of hydrogen-bond acceptors (Lipinski definition) is 2. The Morgan fingerprint density at radius 2 is 2.03 bits per heavy atom. The molecule has 0 aliphatic carbocycles. The summed E-state index contributed by atoms with van der Waals surface area (Å²) in [5, 5.41) is 4.19. The molecule has 2 N–H and O–H groups in total. The maximum Gasteiger partial charge on any atom is 0.227 e. The van der Waals surface area contributed by atoms with Gasteiger partial charge in [-0.1, -0.05) is 30.3 Å². The third-order valence-electron chi connectivity index (χ3n) is 6.54. The van der Waals surface area contributed by atoms with Crippen molar-refractivity contribution < 1.29 is 14.0 Å². The number of likely N-dealkylation sites (tertiary alicyclic amines) is 1. The van der Waals surface area contributed by atoms with Crippen LogP contribution < -0.4 is 5.32 Å². The van der Waals surface area contributed by atoms with E-state index in [0.29, 0.717) is 19.4 Å². The molecule has 2 atom stereocenters. The van der Waals surface area contributed by atoms with Gasteiger partial charge in [0, 0.05) is 30.1 Å². The van der Waals surface area contributed by atoms with Crippen LogP contribution in [0.25, 0.3) is 10.9 Å². The van der Waals surface area contributed by atoms with Crippen molar-refractivity contribution in [1.82, 2.24) is 15.2 Å². The van der Waals surface area contributed by atoms with E-state index in [0.717, 1.165) is 34.9 Å². The molecule has 30 heavy (non-hydrogen) atoms. The van der Waals surface area contributed by atoms with Gasteiger partial charge >= 0.3 is 0 Å². The number of piperidine rings is 1. The van der Waals surface area contributed by atoms with Crippen molar-refractivity contribution in [3.63, 3.8) is 0 Å². The minimum atomic E-state index is -0.529. The number of hydrogen-bond donors (Lipinski definition) is 2. The fourth-order valence-corrected chi connectivity index (χ4v) is 5.25. The summed E-state index contributed by atoms with van der Waals surface area (Å²) >= 11 is 0. The van der Waals surface area contributed by atoms with Gasteiger partial charge < -0.3 is 15.2 Å². The van der Waals surface area contributed by atoms with Crippen LogP contribution in [-0.4, -0.2) is 33.8 Å². The van der Waals surface area contributed by atoms with Crippen LogP contribution in [-0.2, 0) is 16.0 Å². The molecule has 2 fully saturated rings. The van der Waals surface area contributed by atoms with Crippen molar-refractivity contribution in [3.8, 4) is 0 Å². The average molecular weight is 405 g/mol. The molecule has 0 unspecified atom stereocenters. The van der Waals surface area contributed by atoms with Gasteiger partial charge in [0.15, 0.2) is 0 Å². The number of nitrogens with one attached hydrogen (secondary N) is 2. The molecular weight excluding hydrogens is 381 g/mol. The van der Waals surface area contributed by atoms with Crippen molar-refractivity contribution in [2.75, 3.05) is 6.54 Å². The first-order chi connectivity index (χ1) is 14.6. The molecule has 3 aromatic rings. The van der Waals surface area contributed by atoms with Crippen LogP contribution in [0.4, 0.5) is 4.39 Å². The van der Waals surface area contributed by atoms with Crippen LogP contribution in [0.15, 0.2) is 54.7 Å². The van der Waals surface area contributed by atoms with E-state index < -0.39 is 5.54 Å². The van der Waals surface area contributed by atoms with E-state index in [1.165, 1.54) is 12.1 Å². The van der Waals surface area contributed by atoms with Crippen LogP contribution in [0.1, 0.15) is 42.9 Å². The second kappa shape index (κ2) is 7.27. The standard InChI is InChI=1S/C24H24FN3O2/c25-18-6-3-5-16(13-18)23-24(11-9-21(29)27-24)10-4-12-28(23)22(30)14-17-15-26-20-8-2-1-7-19(17)20/h1-3,5-8,13,15,23,26H,4,9-12,14H2,(H,27,29)/t23-,24+/m1/s1. The predicted molar refractivity (Wildman–Crippen MR) is 112 cm³/mol. The van der Waals surface area contributed by atoms with E-state index in [1.54, 1.807) is 6.07 Å². The van der Waals surface area contributed by atoms with Gasteiger partial charge in [-0.25, -0.2) is 4.39 Å². The molecule has 2 saturated heterocycles. The van der Waals surface area contributed by atoms with E-state index >= 15 is 0 Å². The third kappa shape index (κ3) is 3.16. The number of rotatable bonds is 3. The molecule has 6 heteroatoms. The topological polar surface area (TPSA) is 65.2 Å². The molecule has 2 amide bonds. The number of carbonyl (C=O) groups is 2. The Morgan fingerprint density at radius 1 is 1.17 bits per heavy atom. The zero-order valence-electron chi connectivity index (χ0n) is 16.7. The number of fused-ring (bicyclic) bond motifs is 1. The molecular formula is C24H24FN3O2. The number of carbonyl (C=O) groups excluding carboxylic acids is 2. The third-order valence-corrected chi connectivity index (χ3v) is 6.54. The van der Waals surface area contributed by atoms with E-state index in [1.807, 2.05) is 41.4 Å². The number of aromatic amines is 1. The lowest BCUT2D eigenvalue weighted by Crippen LogP contribution is -2.58. The fraction of sp³-hybridized carbons (Fsp3) is 0.333. The van der Waals surface area contributed by atoms with Crippen molar-refractivity contribution in [2.24, 2.45) is 0 Å². The number of aromatic nitrogens is 1. The highest BCUT2D eigenvalue weighted by Gasteiger charge is 2.50. The number of benzene rings is 2. The van der Waals surface area contributed by atoms with E-state index in [-0.39, 0.29) is 30.1 Å².